The van der Waals surface area contributed by atoms with Gasteiger partial charge in [0.25, 0.3) is 5.91 Å². The fraction of sp³-hybridized carbons (Fsp3) is 0.429. The molecule has 3 aromatic rings. The van der Waals surface area contributed by atoms with E-state index in [1.54, 1.807) is 0 Å². The molecule has 28 heavy (non-hydrogen) atoms. The van der Waals surface area contributed by atoms with E-state index >= 15 is 0 Å². The number of H-pyrrole nitrogens is 1. The van der Waals surface area contributed by atoms with Gasteiger partial charge in [-0.1, -0.05) is 0 Å². The van der Waals surface area contributed by atoms with E-state index in [2.05, 4.69) is 24.7 Å². The molecule has 0 spiro atoms. The number of hydrogen-bond acceptors (Lipinski definition) is 4. The van der Waals surface area contributed by atoms with Gasteiger partial charge in [-0.05, 0) is 49.8 Å². The Balaban J connectivity index is 1.34. The van der Waals surface area contributed by atoms with Crippen molar-refractivity contribution in [3.8, 4) is 0 Å². The van der Waals surface area contributed by atoms with Gasteiger partial charge in [-0.25, -0.2) is 4.98 Å². The summed E-state index contributed by atoms with van der Waals surface area (Å²) < 4.78 is 2.19. The molecular weight excluding hydrogens is 352 g/mol. The van der Waals surface area contributed by atoms with Gasteiger partial charge in [-0.2, -0.15) is 5.10 Å². The Labute approximate surface area is 163 Å². The van der Waals surface area contributed by atoms with Crippen LogP contribution in [0.25, 0.3) is 0 Å². The summed E-state index contributed by atoms with van der Waals surface area (Å²) in [7, 11) is 0. The fourth-order valence-corrected chi connectivity index (χ4v) is 4.52. The highest BCUT2D eigenvalue weighted by Gasteiger charge is 2.31. The summed E-state index contributed by atoms with van der Waals surface area (Å²) >= 11 is 0. The molecule has 0 saturated carbocycles. The van der Waals surface area contributed by atoms with Crippen molar-refractivity contribution < 1.29 is 4.79 Å². The normalized spacial score (nSPS) is 19.0. The maximum Gasteiger partial charge on any atom is 0.274 e. The number of amides is 1. The molecule has 7 nitrogen and oxygen atoms in total. The Morgan fingerprint density at radius 3 is 2.96 bits per heavy atom. The zero-order chi connectivity index (χ0) is 18.9. The van der Waals surface area contributed by atoms with E-state index in [9.17, 15) is 4.79 Å². The third-order valence-electron chi connectivity index (χ3n) is 5.93. The minimum absolute atomic E-state index is 0.0661. The van der Waals surface area contributed by atoms with E-state index < -0.39 is 0 Å². The Hall–Kier alpha value is -2.96. The van der Waals surface area contributed by atoms with Crippen LogP contribution < -0.4 is 0 Å². The van der Waals surface area contributed by atoms with Crippen LogP contribution in [0.2, 0.25) is 0 Å². The molecular formula is C21H24N6O. The summed E-state index contributed by atoms with van der Waals surface area (Å²) in [6.45, 7) is 2.27. The van der Waals surface area contributed by atoms with Gasteiger partial charge < -0.3 is 9.47 Å². The lowest BCUT2D eigenvalue weighted by Crippen LogP contribution is -2.40. The monoisotopic (exact) mass is 376 g/mol. The standard InChI is InChI=1S/C21H24N6O/c28-21(19-17-4-1-5-18(17)24-25-19)27-11-2-3-16(14-27)20-23-10-12-26(20)13-15-6-8-22-9-7-15/h6-10,12,16H,1-5,11,13-14H2,(H,24,25)/t16-/m0/s1. The van der Waals surface area contributed by atoms with Gasteiger partial charge in [0.05, 0.1) is 0 Å². The lowest BCUT2D eigenvalue weighted by molar-refractivity contribution is 0.0696. The zero-order valence-electron chi connectivity index (χ0n) is 15.8. The van der Waals surface area contributed by atoms with Crippen LogP contribution in [0.5, 0.6) is 0 Å². The van der Waals surface area contributed by atoms with Crippen molar-refractivity contribution in [1.82, 2.24) is 29.6 Å². The molecule has 7 heteroatoms. The number of aromatic amines is 1. The molecule has 1 fully saturated rings. The van der Waals surface area contributed by atoms with Gasteiger partial charge in [-0.3, -0.25) is 14.9 Å². The molecule has 1 N–H and O–H groups in total. The third-order valence-corrected chi connectivity index (χ3v) is 5.93. The number of aryl methyl sites for hydroxylation is 1. The summed E-state index contributed by atoms with van der Waals surface area (Å²) in [6.07, 6.45) is 12.6. The average molecular weight is 376 g/mol. The number of nitrogens with one attached hydrogen (secondary N) is 1. The lowest BCUT2D eigenvalue weighted by Gasteiger charge is -2.32. The molecule has 1 aliphatic carbocycles. The lowest BCUT2D eigenvalue weighted by atomic mass is 9.96. The molecule has 144 valence electrons. The highest BCUT2D eigenvalue weighted by Crippen LogP contribution is 2.29. The number of nitrogens with zero attached hydrogens (tertiary/aromatic N) is 5. The number of rotatable bonds is 4. The number of fused-ring (bicyclic) bond motifs is 1. The van der Waals surface area contributed by atoms with E-state index in [0.29, 0.717) is 12.2 Å². The summed E-state index contributed by atoms with van der Waals surface area (Å²) in [5.74, 6) is 1.37. The quantitative estimate of drug-likeness (QED) is 0.759. The molecule has 1 aliphatic heterocycles. The number of hydrogen-bond donors (Lipinski definition) is 1. The van der Waals surface area contributed by atoms with Crippen molar-refractivity contribution in [3.63, 3.8) is 0 Å². The summed E-state index contributed by atoms with van der Waals surface area (Å²) in [5, 5.41) is 7.39. The van der Waals surface area contributed by atoms with E-state index in [-0.39, 0.29) is 11.8 Å². The first kappa shape index (κ1) is 17.2. The zero-order valence-corrected chi connectivity index (χ0v) is 15.8. The van der Waals surface area contributed by atoms with E-state index in [1.807, 2.05) is 41.8 Å². The van der Waals surface area contributed by atoms with Crippen LogP contribution in [-0.4, -0.2) is 48.6 Å². The highest BCUT2D eigenvalue weighted by molar-refractivity contribution is 5.94. The van der Waals surface area contributed by atoms with Crippen LogP contribution in [0.3, 0.4) is 0 Å². The second kappa shape index (κ2) is 7.22. The molecule has 2 aliphatic rings. The Morgan fingerprint density at radius 2 is 2.07 bits per heavy atom. The number of carbonyl (C=O) groups excluding carboxylic acids is 1. The minimum Gasteiger partial charge on any atom is -0.337 e. The van der Waals surface area contributed by atoms with Crippen LogP contribution in [0.4, 0.5) is 0 Å². The Bertz CT molecular complexity index is 976. The first-order valence-corrected chi connectivity index (χ1v) is 10.0. The maximum absolute atomic E-state index is 13.1. The second-order valence-electron chi connectivity index (χ2n) is 7.74. The Morgan fingerprint density at radius 1 is 1.18 bits per heavy atom. The molecule has 3 aromatic heterocycles. The van der Waals surface area contributed by atoms with E-state index in [0.717, 1.165) is 62.3 Å². The van der Waals surface area contributed by atoms with Gasteiger partial charge >= 0.3 is 0 Å². The topological polar surface area (TPSA) is 79.7 Å². The van der Waals surface area contributed by atoms with Crippen molar-refractivity contribution in [1.29, 1.82) is 0 Å². The first-order chi connectivity index (χ1) is 13.8. The average Bonchev–Trinajstić information content (AvgIpc) is 3.45. The van der Waals surface area contributed by atoms with Crippen LogP contribution in [0.1, 0.15) is 58.3 Å². The number of pyridine rings is 1. The van der Waals surface area contributed by atoms with Crippen molar-refractivity contribution >= 4 is 5.91 Å². The van der Waals surface area contributed by atoms with Crippen LogP contribution >= 0.6 is 0 Å². The minimum atomic E-state index is 0.0661. The molecule has 4 heterocycles. The molecule has 1 saturated heterocycles. The van der Waals surface area contributed by atoms with Gasteiger partial charge in [-0.15, -0.1) is 0 Å². The maximum atomic E-state index is 13.1. The number of carbonyl (C=O) groups is 1. The smallest absolute Gasteiger partial charge is 0.274 e. The molecule has 0 bridgehead atoms. The predicted octanol–water partition coefficient (Wildman–Crippen LogP) is 2.56. The molecule has 0 radical (unpaired) electrons. The molecule has 1 atom stereocenters. The summed E-state index contributed by atoms with van der Waals surface area (Å²) in [4.78, 5) is 23.8. The molecule has 1 amide bonds. The fourth-order valence-electron chi connectivity index (χ4n) is 4.52. The Kier molecular flexibility index (Phi) is 4.43. The van der Waals surface area contributed by atoms with E-state index in [4.69, 9.17) is 0 Å². The van der Waals surface area contributed by atoms with Crippen molar-refractivity contribution in [2.24, 2.45) is 0 Å². The van der Waals surface area contributed by atoms with Crippen LogP contribution in [0, 0.1) is 0 Å². The third kappa shape index (κ3) is 3.10. The van der Waals surface area contributed by atoms with Crippen molar-refractivity contribution in [2.75, 3.05) is 13.1 Å². The highest BCUT2D eigenvalue weighted by atomic mass is 16.2. The number of aromatic nitrogens is 5. The van der Waals surface area contributed by atoms with Crippen LogP contribution in [-0.2, 0) is 19.4 Å². The van der Waals surface area contributed by atoms with Crippen molar-refractivity contribution in [3.05, 3.63) is 65.3 Å². The number of imidazole rings is 1. The second-order valence-corrected chi connectivity index (χ2v) is 7.74. The largest absolute Gasteiger partial charge is 0.337 e. The number of piperidine rings is 1. The van der Waals surface area contributed by atoms with Gasteiger partial charge in [0.2, 0.25) is 0 Å². The molecule has 0 aromatic carbocycles. The van der Waals surface area contributed by atoms with E-state index in [1.165, 1.54) is 5.56 Å². The molecule has 0 unspecified atom stereocenters. The predicted molar refractivity (Wildman–Crippen MR) is 104 cm³/mol. The van der Waals surface area contributed by atoms with Gasteiger partial charge in [0.15, 0.2) is 5.69 Å². The summed E-state index contributed by atoms with van der Waals surface area (Å²) in [6, 6.07) is 4.05. The first-order valence-electron chi connectivity index (χ1n) is 10.0. The number of likely N-dealkylation sites (tertiary alicyclic amines) is 1. The van der Waals surface area contributed by atoms with Crippen molar-refractivity contribution in [2.45, 2.75) is 44.6 Å². The SMILES string of the molecule is O=C(c1n[nH]c2c1CCC2)N1CCC[C@H](c2nccn2Cc2ccncc2)C1. The van der Waals surface area contributed by atoms with Gasteiger partial charge in [0, 0.05) is 61.6 Å². The molecule has 5 rings (SSSR count). The van der Waals surface area contributed by atoms with Crippen LogP contribution in [0.15, 0.2) is 36.9 Å². The summed E-state index contributed by atoms with van der Waals surface area (Å²) in [5.41, 5.74) is 4.11. The van der Waals surface area contributed by atoms with Gasteiger partial charge in [0.1, 0.15) is 5.82 Å².